The second-order valence-corrected chi connectivity index (χ2v) is 4.46. The number of carbonyl (C=O) groups is 1. The molecular weight excluding hydrogens is 248 g/mol. The minimum atomic E-state index is -0.967. The van der Waals surface area contributed by atoms with Gasteiger partial charge in [-0.25, -0.2) is 4.79 Å². The van der Waals surface area contributed by atoms with E-state index in [4.69, 9.17) is 16.7 Å². The largest absolute Gasteiger partial charge is 0.478 e. The second-order valence-electron chi connectivity index (χ2n) is 4.05. The average Bonchev–Trinajstić information content (AvgIpc) is 2.38. The van der Waals surface area contributed by atoms with Crippen molar-refractivity contribution in [3.05, 3.63) is 58.6 Å². The van der Waals surface area contributed by atoms with Gasteiger partial charge in [0.25, 0.3) is 0 Å². The Kier molecular flexibility index (Phi) is 3.68. The van der Waals surface area contributed by atoms with Crippen LogP contribution in [-0.4, -0.2) is 11.1 Å². The van der Waals surface area contributed by atoms with Gasteiger partial charge < -0.3 is 5.11 Å². The normalized spacial score (nSPS) is 10.3. The Morgan fingerprint density at radius 2 is 2.00 bits per heavy atom. The first-order valence-electron chi connectivity index (χ1n) is 5.74. The van der Waals surface area contributed by atoms with E-state index in [1.807, 2.05) is 12.1 Å². The lowest BCUT2D eigenvalue weighted by molar-refractivity contribution is 0.0697. The molecule has 1 N–H and O–H groups in total. The summed E-state index contributed by atoms with van der Waals surface area (Å²) in [7, 11) is 0. The molecule has 0 aliphatic carbocycles. The fourth-order valence-electron chi connectivity index (χ4n) is 1.84. The van der Waals surface area contributed by atoms with Crippen LogP contribution >= 0.6 is 11.6 Å². The first-order chi connectivity index (χ1) is 8.61. The SMILES string of the molecule is CCc1cccc(-c2ccc(C(=O)O)cc2Cl)c1. The Labute approximate surface area is 111 Å². The first-order valence-corrected chi connectivity index (χ1v) is 6.11. The van der Waals surface area contributed by atoms with Gasteiger partial charge in [-0.1, -0.05) is 48.9 Å². The molecule has 0 saturated heterocycles. The molecule has 0 aliphatic heterocycles. The van der Waals surface area contributed by atoms with E-state index >= 15 is 0 Å². The minimum Gasteiger partial charge on any atom is -0.478 e. The maximum absolute atomic E-state index is 10.8. The second kappa shape index (κ2) is 5.23. The molecule has 2 aromatic rings. The van der Waals surface area contributed by atoms with Crippen LogP contribution < -0.4 is 0 Å². The lowest BCUT2D eigenvalue weighted by Crippen LogP contribution is -1.96. The van der Waals surface area contributed by atoms with E-state index in [2.05, 4.69) is 19.1 Å². The topological polar surface area (TPSA) is 37.3 Å². The molecule has 0 heterocycles. The number of carboxylic acid groups (broad SMARTS) is 1. The molecule has 0 spiro atoms. The number of benzene rings is 2. The molecule has 0 atom stereocenters. The van der Waals surface area contributed by atoms with Crippen LogP contribution in [0.1, 0.15) is 22.8 Å². The predicted molar refractivity (Wildman–Crippen MR) is 73.2 cm³/mol. The summed E-state index contributed by atoms with van der Waals surface area (Å²) < 4.78 is 0. The molecule has 2 rings (SSSR count). The predicted octanol–water partition coefficient (Wildman–Crippen LogP) is 4.27. The van der Waals surface area contributed by atoms with Crippen LogP contribution in [0.2, 0.25) is 5.02 Å². The van der Waals surface area contributed by atoms with Crippen LogP contribution in [0.15, 0.2) is 42.5 Å². The third kappa shape index (κ3) is 2.54. The minimum absolute atomic E-state index is 0.204. The van der Waals surface area contributed by atoms with Crippen molar-refractivity contribution in [2.75, 3.05) is 0 Å². The van der Waals surface area contributed by atoms with E-state index < -0.39 is 5.97 Å². The number of aryl methyl sites for hydroxylation is 1. The van der Waals surface area contributed by atoms with Crippen molar-refractivity contribution in [3.63, 3.8) is 0 Å². The molecule has 2 nitrogen and oxygen atoms in total. The molecule has 0 fully saturated rings. The fourth-order valence-corrected chi connectivity index (χ4v) is 2.13. The van der Waals surface area contributed by atoms with Gasteiger partial charge in [0.1, 0.15) is 0 Å². The highest BCUT2D eigenvalue weighted by Gasteiger charge is 2.08. The molecule has 0 aromatic heterocycles. The van der Waals surface area contributed by atoms with Gasteiger partial charge in [0.05, 0.1) is 5.56 Å². The summed E-state index contributed by atoms with van der Waals surface area (Å²) in [6.45, 7) is 2.09. The van der Waals surface area contributed by atoms with Crippen molar-refractivity contribution in [2.45, 2.75) is 13.3 Å². The van der Waals surface area contributed by atoms with Crippen molar-refractivity contribution >= 4 is 17.6 Å². The van der Waals surface area contributed by atoms with Crippen molar-refractivity contribution in [3.8, 4) is 11.1 Å². The lowest BCUT2D eigenvalue weighted by Gasteiger charge is -2.07. The fraction of sp³-hybridized carbons (Fsp3) is 0.133. The number of hydrogen-bond acceptors (Lipinski definition) is 1. The zero-order valence-corrected chi connectivity index (χ0v) is 10.7. The van der Waals surface area contributed by atoms with Gasteiger partial charge in [-0.05, 0) is 29.7 Å². The molecule has 2 aromatic carbocycles. The van der Waals surface area contributed by atoms with Crippen LogP contribution in [0.25, 0.3) is 11.1 Å². The summed E-state index contributed by atoms with van der Waals surface area (Å²) in [6, 6.07) is 12.9. The summed E-state index contributed by atoms with van der Waals surface area (Å²) in [6.07, 6.45) is 0.957. The molecule has 0 bridgehead atoms. The van der Waals surface area contributed by atoms with Gasteiger partial charge in [-0.15, -0.1) is 0 Å². The van der Waals surface area contributed by atoms with Gasteiger partial charge in [0, 0.05) is 10.6 Å². The van der Waals surface area contributed by atoms with Gasteiger partial charge >= 0.3 is 5.97 Å². The third-order valence-corrected chi connectivity index (χ3v) is 3.17. The van der Waals surface area contributed by atoms with Crippen molar-refractivity contribution in [1.29, 1.82) is 0 Å². The molecule has 0 aliphatic rings. The highest BCUT2D eigenvalue weighted by Crippen LogP contribution is 2.29. The highest BCUT2D eigenvalue weighted by atomic mass is 35.5. The van der Waals surface area contributed by atoms with E-state index in [-0.39, 0.29) is 5.56 Å². The van der Waals surface area contributed by atoms with Gasteiger partial charge in [-0.3, -0.25) is 0 Å². The zero-order chi connectivity index (χ0) is 13.1. The Bertz CT molecular complexity index is 591. The van der Waals surface area contributed by atoms with E-state index in [0.717, 1.165) is 17.5 Å². The first kappa shape index (κ1) is 12.7. The zero-order valence-electron chi connectivity index (χ0n) is 9.98. The van der Waals surface area contributed by atoms with Crippen molar-refractivity contribution in [1.82, 2.24) is 0 Å². The molecule has 0 saturated carbocycles. The summed E-state index contributed by atoms with van der Waals surface area (Å²) in [4.78, 5) is 10.8. The van der Waals surface area contributed by atoms with Crippen molar-refractivity contribution in [2.24, 2.45) is 0 Å². The monoisotopic (exact) mass is 260 g/mol. The van der Waals surface area contributed by atoms with Crippen LogP contribution in [0, 0.1) is 0 Å². The van der Waals surface area contributed by atoms with Gasteiger partial charge in [-0.2, -0.15) is 0 Å². The van der Waals surface area contributed by atoms with Crippen LogP contribution in [-0.2, 0) is 6.42 Å². The van der Waals surface area contributed by atoms with E-state index in [1.165, 1.54) is 11.6 Å². The molecule has 92 valence electrons. The van der Waals surface area contributed by atoms with E-state index in [0.29, 0.717) is 5.02 Å². The highest BCUT2D eigenvalue weighted by molar-refractivity contribution is 6.33. The summed E-state index contributed by atoms with van der Waals surface area (Å²) >= 11 is 6.14. The number of hydrogen-bond donors (Lipinski definition) is 1. The molecule has 18 heavy (non-hydrogen) atoms. The van der Waals surface area contributed by atoms with Gasteiger partial charge in [0.15, 0.2) is 0 Å². The maximum Gasteiger partial charge on any atom is 0.335 e. The van der Waals surface area contributed by atoms with Crippen LogP contribution in [0.4, 0.5) is 0 Å². The molecule has 0 amide bonds. The Hall–Kier alpha value is -1.80. The molecule has 3 heteroatoms. The Morgan fingerprint density at radius 3 is 2.61 bits per heavy atom. The Balaban J connectivity index is 2.47. The van der Waals surface area contributed by atoms with Crippen molar-refractivity contribution < 1.29 is 9.90 Å². The number of carboxylic acids is 1. The lowest BCUT2D eigenvalue weighted by atomic mass is 10.0. The van der Waals surface area contributed by atoms with Gasteiger partial charge in [0.2, 0.25) is 0 Å². The molecular formula is C15H13ClO2. The standard InChI is InChI=1S/C15H13ClO2/c1-2-10-4-3-5-11(8-10)13-7-6-12(15(17)18)9-14(13)16/h3-9H,2H2,1H3,(H,17,18). The summed E-state index contributed by atoms with van der Waals surface area (Å²) in [5.41, 5.74) is 3.30. The molecule has 0 unspecified atom stereocenters. The Morgan fingerprint density at radius 1 is 1.22 bits per heavy atom. The van der Waals surface area contributed by atoms with Crippen LogP contribution in [0.5, 0.6) is 0 Å². The van der Waals surface area contributed by atoms with Crippen LogP contribution in [0.3, 0.4) is 0 Å². The van der Waals surface area contributed by atoms with E-state index in [9.17, 15) is 4.79 Å². The number of aromatic carboxylic acids is 1. The maximum atomic E-state index is 10.8. The summed E-state index contributed by atoms with van der Waals surface area (Å²) in [5, 5.41) is 9.36. The molecule has 0 radical (unpaired) electrons. The van der Waals surface area contributed by atoms with E-state index in [1.54, 1.807) is 12.1 Å². The quantitative estimate of drug-likeness (QED) is 0.895. The number of rotatable bonds is 3. The summed E-state index contributed by atoms with van der Waals surface area (Å²) in [5.74, 6) is -0.967. The smallest absolute Gasteiger partial charge is 0.335 e. The third-order valence-electron chi connectivity index (χ3n) is 2.86. The number of halogens is 1. The average molecular weight is 261 g/mol.